The molecule has 1 rings (SSSR count). The number of halogens is 2. The lowest BCUT2D eigenvalue weighted by atomic mass is 10.4. The Kier molecular flexibility index (Phi) is 3.58. The summed E-state index contributed by atoms with van der Waals surface area (Å²) >= 11 is 5.66. The monoisotopic (exact) mass is 219 g/mol. The first-order valence-electron chi connectivity index (χ1n) is 3.75. The Balaban J connectivity index is 2.84. The molecule has 0 saturated heterocycles. The second-order valence-electron chi connectivity index (χ2n) is 2.40. The number of hydrogen-bond donors (Lipinski definition) is 1. The summed E-state index contributed by atoms with van der Waals surface area (Å²) in [5.74, 6) is 0.245. The summed E-state index contributed by atoms with van der Waals surface area (Å²) in [6, 6.07) is 1.16. The molecule has 0 unspecified atom stereocenters. The van der Waals surface area contributed by atoms with Gasteiger partial charge in [0, 0.05) is 12.6 Å². The van der Waals surface area contributed by atoms with E-state index in [0.717, 1.165) is 12.3 Å². The largest absolute Gasteiger partial charge is 0.366 e. The molecule has 5 nitrogen and oxygen atoms in total. The molecule has 1 aromatic rings. The predicted octanol–water partition coefficient (Wildman–Crippen LogP) is 2.02. The summed E-state index contributed by atoms with van der Waals surface area (Å²) in [5, 5.41) is 13.0. The van der Waals surface area contributed by atoms with E-state index in [4.69, 9.17) is 11.6 Å². The molecule has 1 aromatic heterocycles. The van der Waals surface area contributed by atoms with Crippen molar-refractivity contribution in [1.29, 1.82) is 0 Å². The summed E-state index contributed by atoms with van der Waals surface area (Å²) in [6.45, 7) is -0.487. The van der Waals surface area contributed by atoms with E-state index in [9.17, 15) is 14.5 Å². The van der Waals surface area contributed by atoms with Crippen LogP contribution >= 0.6 is 11.6 Å². The van der Waals surface area contributed by atoms with E-state index < -0.39 is 11.6 Å². The molecule has 0 atom stereocenters. The SMILES string of the molecule is O=[N+]([O-])c1cnc(NCCF)c(Cl)c1. The van der Waals surface area contributed by atoms with Gasteiger partial charge in [0.25, 0.3) is 5.69 Å². The standard InChI is InChI=1S/C7H7ClFN3O2/c8-6-3-5(12(13)14)4-11-7(6)10-2-1-9/h3-4H,1-2H2,(H,10,11). The van der Waals surface area contributed by atoms with Crippen LogP contribution in [0.5, 0.6) is 0 Å². The van der Waals surface area contributed by atoms with Crippen molar-refractivity contribution in [3.63, 3.8) is 0 Å². The fourth-order valence-electron chi connectivity index (χ4n) is 0.823. The van der Waals surface area contributed by atoms with E-state index in [-0.39, 0.29) is 23.1 Å². The maximum absolute atomic E-state index is 11.8. The molecular weight excluding hydrogens is 213 g/mol. The number of nitrogens with one attached hydrogen (secondary N) is 1. The van der Waals surface area contributed by atoms with E-state index >= 15 is 0 Å². The summed E-state index contributed by atoms with van der Waals surface area (Å²) in [6.07, 6.45) is 1.06. The third-order valence-corrected chi connectivity index (χ3v) is 1.71. The second kappa shape index (κ2) is 4.71. The van der Waals surface area contributed by atoms with Crippen LogP contribution in [0.4, 0.5) is 15.9 Å². The maximum Gasteiger partial charge on any atom is 0.289 e. The van der Waals surface area contributed by atoms with Crippen LogP contribution < -0.4 is 5.32 Å². The van der Waals surface area contributed by atoms with Gasteiger partial charge in [-0.25, -0.2) is 9.37 Å². The second-order valence-corrected chi connectivity index (χ2v) is 2.80. The minimum absolute atomic E-state index is 0.0739. The summed E-state index contributed by atoms with van der Waals surface area (Å²) in [4.78, 5) is 13.4. The molecule has 0 spiro atoms. The Morgan fingerprint density at radius 1 is 1.71 bits per heavy atom. The van der Waals surface area contributed by atoms with E-state index in [2.05, 4.69) is 10.3 Å². The van der Waals surface area contributed by atoms with E-state index in [1.807, 2.05) is 0 Å². The van der Waals surface area contributed by atoms with Gasteiger partial charge >= 0.3 is 0 Å². The van der Waals surface area contributed by atoms with Crippen LogP contribution in [0.1, 0.15) is 0 Å². The van der Waals surface area contributed by atoms with Crippen molar-refractivity contribution < 1.29 is 9.31 Å². The summed E-state index contributed by atoms with van der Waals surface area (Å²) < 4.78 is 11.8. The topological polar surface area (TPSA) is 68.1 Å². The minimum atomic E-state index is -0.599. The van der Waals surface area contributed by atoms with E-state index in [0.29, 0.717) is 0 Å². The van der Waals surface area contributed by atoms with Gasteiger partial charge < -0.3 is 5.32 Å². The molecule has 0 aliphatic rings. The van der Waals surface area contributed by atoms with Gasteiger partial charge in [-0.2, -0.15) is 0 Å². The Morgan fingerprint density at radius 2 is 2.43 bits per heavy atom. The molecular formula is C7H7ClFN3O2. The highest BCUT2D eigenvalue weighted by Gasteiger charge is 2.09. The highest BCUT2D eigenvalue weighted by molar-refractivity contribution is 6.33. The van der Waals surface area contributed by atoms with Crippen molar-refractivity contribution in [2.24, 2.45) is 0 Å². The van der Waals surface area contributed by atoms with Gasteiger partial charge in [-0.15, -0.1) is 0 Å². The average Bonchev–Trinajstić information content (AvgIpc) is 2.15. The molecule has 1 N–H and O–H groups in total. The fourth-order valence-corrected chi connectivity index (χ4v) is 1.05. The Bertz CT molecular complexity index is 348. The molecule has 0 aliphatic heterocycles. The fraction of sp³-hybridized carbons (Fsp3) is 0.286. The third kappa shape index (κ3) is 2.53. The lowest BCUT2D eigenvalue weighted by Crippen LogP contribution is -2.05. The van der Waals surface area contributed by atoms with Crippen molar-refractivity contribution in [2.75, 3.05) is 18.5 Å². The van der Waals surface area contributed by atoms with Crippen LogP contribution in [-0.2, 0) is 0 Å². The normalized spacial score (nSPS) is 9.86. The van der Waals surface area contributed by atoms with Gasteiger partial charge in [-0.3, -0.25) is 10.1 Å². The number of hydrogen-bond acceptors (Lipinski definition) is 4. The lowest BCUT2D eigenvalue weighted by Gasteiger charge is -2.03. The van der Waals surface area contributed by atoms with Crippen LogP contribution in [0.25, 0.3) is 0 Å². The Morgan fingerprint density at radius 3 is 2.93 bits per heavy atom. The number of pyridine rings is 1. The molecule has 76 valence electrons. The zero-order valence-electron chi connectivity index (χ0n) is 7.04. The number of alkyl halides is 1. The molecule has 0 aliphatic carbocycles. The van der Waals surface area contributed by atoms with Crippen LogP contribution in [0, 0.1) is 10.1 Å². The molecule has 0 saturated carbocycles. The predicted molar refractivity (Wildman–Crippen MR) is 50.4 cm³/mol. The van der Waals surface area contributed by atoms with Crippen molar-refractivity contribution in [3.8, 4) is 0 Å². The third-order valence-electron chi connectivity index (χ3n) is 1.42. The maximum atomic E-state index is 11.8. The smallest absolute Gasteiger partial charge is 0.289 e. The van der Waals surface area contributed by atoms with Crippen molar-refractivity contribution in [1.82, 2.24) is 4.98 Å². The van der Waals surface area contributed by atoms with E-state index in [1.165, 1.54) is 0 Å². The van der Waals surface area contributed by atoms with Crippen LogP contribution in [0.2, 0.25) is 5.02 Å². The highest BCUT2D eigenvalue weighted by atomic mass is 35.5. The van der Waals surface area contributed by atoms with Gasteiger partial charge in [-0.05, 0) is 0 Å². The van der Waals surface area contributed by atoms with Crippen molar-refractivity contribution >= 4 is 23.1 Å². The zero-order valence-corrected chi connectivity index (χ0v) is 7.79. The number of rotatable bonds is 4. The first-order chi connectivity index (χ1) is 6.65. The highest BCUT2D eigenvalue weighted by Crippen LogP contribution is 2.23. The molecule has 0 radical (unpaired) electrons. The average molecular weight is 220 g/mol. The van der Waals surface area contributed by atoms with Crippen LogP contribution in [0.3, 0.4) is 0 Å². The summed E-state index contributed by atoms with van der Waals surface area (Å²) in [7, 11) is 0. The molecule has 1 heterocycles. The van der Waals surface area contributed by atoms with Gasteiger partial charge in [-0.1, -0.05) is 11.6 Å². The Hall–Kier alpha value is -1.43. The number of nitrogens with zero attached hydrogens (tertiary/aromatic N) is 2. The van der Waals surface area contributed by atoms with E-state index in [1.54, 1.807) is 0 Å². The first-order valence-corrected chi connectivity index (χ1v) is 4.12. The minimum Gasteiger partial charge on any atom is -0.366 e. The molecule has 14 heavy (non-hydrogen) atoms. The molecule has 0 bridgehead atoms. The van der Waals surface area contributed by atoms with Gasteiger partial charge in [0.2, 0.25) is 0 Å². The molecule has 0 amide bonds. The molecule has 7 heteroatoms. The van der Waals surface area contributed by atoms with Crippen molar-refractivity contribution in [2.45, 2.75) is 0 Å². The van der Waals surface area contributed by atoms with Gasteiger partial charge in [0.1, 0.15) is 18.7 Å². The van der Waals surface area contributed by atoms with Crippen LogP contribution in [0.15, 0.2) is 12.3 Å². The molecule has 0 aromatic carbocycles. The number of anilines is 1. The molecule has 0 fully saturated rings. The van der Waals surface area contributed by atoms with Crippen molar-refractivity contribution in [3.05, 3.63) is 27.4 Å². The quantitative estimate of drug-likeness (QED) is 0.621. The summed E-state index contributed by atoms with van der Waals surface area (Å²) in [5.41, 5.74) is -0.194. The first kappa shape index (κ1) is 10.6. The van der Waals surface area contributed by atoms with Gasteiger partial charge in [0.05, 0.1) is 9.95 Å². The van der Waals surface area contributed by atoms with Gasteiger partial charge in [0.15, 0.2) is 0 Å². The zero-order chi connectivity index (χ0) is 10.6. The Labute approximate surface area is 84.1 Å². The van der Waals surface area contributed by atoms with Crippen LogP contribution in [-0.4, -0.2) is 23.1 Å². The lowest BCUT2D eigenvalue weighted by molar-refractivity contribution is -0.385. The number of aromatic nitrogens is 1. The number of nitro groups is 1.